The van der Waals surface area contributed by atoms with Crippen molar-refractivity contribution >= 4 is 0 Å². The third-order valence-corrected chi connectivity index (χ3v) is 3.47. The normalized spacial score (nSPS) is 10.6. The van der Waals surface area contributed by atoms with Gasteiger partial charge in [-0.15, -0.1) is 0 Å². The van der Waals surface area contributed by atoms with Gasteiger partial charge < -0.3 is 9.94 Å². The van der Waals surface area contributed by atoms with Crippen LogP contribution in [0, 0.1) is 6.92 Å². The zero-order valence-electron chi connectivity index (χ0n) is 11.9. The van der Waals surface area contributed by atoms with Crippen molar-refractivity contribution in [3.63, 3.8) is 0 Å². The van der Waals surface area contributed by atoms with Crippen LogP contribution in [0.3, 0.4) is 0 Å². The van der Waals surface area contributed by atoms with Gasteiger partial charge in [-0.05, 0) is 19.1 Å². The van der Waals surface area contributed by atoms with Crippen LogP contribution in [0.5, 0.6) is 5.75 Å². The highest BCUT2D eigenvalue weighted by Crippen LogP contribution is 2.32. The molecule has 3 aromatic rings. The van der Waals surface area contributed by atoms with Crippen LogP contribution in [0.2, 0.25) is 0 Å². The molecule has 0 aliphatic heterocycles. The Labute approximate surface area is 123 Å². The van der Waals surface area contributed by atoms with Crippen molar-refractivity contribution in [2.24, 2.45) is 0 Å². The Balaban J connectivity index is 2.18. The van der Waals surface area contributed by atoms with Gasteiger partial charge >= 0.3 is 0 Å². The minimum absolute atomic E-state index is 0.476. The fourth-order valence-electron chi connectivity index (χ4n) is 2.37. The number of imidazole rings is 1. The van der Waals surface area contributed by atoms with Gasteiger partial charge in [-0.3, -0.25) is 0 Å². The molecule has 1 heterocycles. The molecule has 4 heteroatoms. The van der Waals surface area contributed by atoms with Gasteiger partial charge in [-0.1, -0.05) is 42.5 Å². The standard InChI is InChI=1S/C17H16N2O2/c1-12-16(13-8-4-3-5-9-13)18-17(19(12)20)14-10-6-7-11-15(14)21-2/h3-11,20H,1-2H3. The van der Waals surface area contributed by atoms with E-state index in [1.54, 1.807) is 7.11 Å². The second-order valence-corrected chi connectivity index (χ2v) is 4.75. The van der Waals surface area contributed by atoms with Gasteiger partial charge in [0.25, 0.3) is 0 Å². The Hall–Kier alpha value is -2.75. The first-order valence-electron chi connectivity index (χ1n) is 6.69. The highest BCUT2D eigenvalue weighted by atomic mass is 16.5. The van der Waals surface area contributed by atoms with Crippen LogP contribution in [0.1, 0.15) is 5.69 Å². The lowest BCUT2D eigenvalue weighted by Gasteiger charge is -2.07. The highest BCUT2D eigenvalue weighted by molar-refractivity contribution is 5.71. The van der Waals surface area contributed by atoms with E-state index in [9.17, 15) is 5.21 Å². The van der Waals surface area contributed by atoms with Crippen molar-refractivity contribution in [3.05, 3.63) is 60.3 Å². The van der Waals surface area contributed by atoms with Crippen molar-refractivity contribution in [1.29, 1.82) is 0 Å². The van der Waals surface area contributed by atoms with E-state index in [4.69, 9.17) is 4.74 Å². The largest absolute Gasteiger partial charge is 0.496 e. The molecule has 0 bridgehead atoms. The molecule has 0 saturated heterocycles. The summed E-state index contributed by atoms with van der Waals surface area (Å²) in [5.41, 5.74) is 3.19. The smallest absolute Gasteiger partial charge is 0.179 e. The Morgan fingerprint density at radius 3 is 2.38 bits per heavy atom. The van der Waals surface area contributed by atoms with E-state index < -0.39 is 0 Å². The minimum Gasteiger partial charge on any atom is -0.496 e. The molecule has 2 aromatic carbocycles. The number of rotatable bonds is 3. The Morgan fingerprint density at radius 2 is 1.67 bits per heavy atom. The molecular formula is C17H16N2O2. The molecule has 0 fully saturated rings. The van der Waals surface area contributed by atoms with E-state index in [1.807, 2.05) is 61.5 Å². The molecular weight excluding hydrogens is 264 g/mol. The molecule has 4 nitrogen and oxygen atoms in total. The lowest BCUT2D eigenvalue weighted by atomic mass is 10.1. The topological polar surface area (TPSA) is 47.3 Å². The second kappa shape index (κ2) is 5.32. The van der Waals surface area contributed by atoms with Gasteiger partial charge in [0.1, 0.15) is 5.75 Å². The lowest BCUT2D eigenvalue weighted by Crippen LogP contribution is -1.98. The van der Waals surface area contributed by atoms with Crippen LogP contribution >= 0.6 is 0 Å². The highest BCUT2D eigenvalue weighted by Gasteiger charge is 2.18. The van der Waals surface area contributed by atoms with E-state index >= 15 is 0 Å². The SMILES string of the molecule is COc1ccccc1-c1nc(-c2ccccc2)c(C)n1O. The molecule has 0 radical (unpaired) electrons. The summed E-state index contributed by atoms with van der Waals surface area (Å²) in [5, 5.41) is 10.4. The molecule has 0 saturated carbocycles. The van der Waals surface area contributed by atoms with Crippen LogP contribution in [-0.2, 0) is 0 Å². The van der Waals surface area contributed by atoms with Crippen LogP contribution < -0.4 is 4.74 Å². The van der Waals surface area contributed by atoms with Gasteiger partial charge in [0.05, 0.1) is 24.1 Å². The summed E-state index contributed by atoms with van der Waals surface area (Å²) in [6.45, 7) is 1.84. The van der Waals surface area contributed by atoms with Gasteiger partial charge in [0, 0.05) is 5.56 Å². The predicted octanol–water partition coefficient (Wildman–Crippen LogP) is 3.77. The molecule has 1 N–H and O–H groups in total. The molecule has 0 unspecified atom stereocenters. The van der Waals surface area contributed by atoms with Crippen molar-refractivity contribution < 1.29 is 9.94 Å². The fraction of sp³-hybridized carbons (Fsp3) is 0.118. The molecule has 3 rings (SSSR count). The molecule has 106 valence electrons. The van der Waals surface area contributed by atoms with Crippen molar-refractivity contribution in [1.82, 2.24) is 9.71 Å². The molecule has 0 aliphatic rings. The van der Waals surface area contributed by atoms with E-state index in [2.05, 4.69) is 4.98 Å². The first-order valence-corrected chi connectivity index (χ1v) is 6.69. The first kappa shape index (κ1) is 13.2. The summed E-state index contributed by atoms with van der Waals surface area (Å²) in [4.78, 5) is 4.59. The van der Waals surface area contributed by atoms with Crippen LogP contribution in [0.25, 0.3) is 22.6 Å². The molecule has 0 spiro atoms. The number of hydrogen-bond donors (Lipinski definition) is 1. The summed E-state index contributed by atoms with van der Waals surface area (Å²) in [6, 6.07) is 17.3. The summed E-state index contributed by atoms with van der Waals surface area (Å²) >= 11 is 0. The Morgan fingerprint density at radius 1 is 1.00 bits per heavy atom. The average Bonchev–Trinajstić information content (AvgIpc) is 2.84. The lowest BCUT2D eigenvalue weighted by molar-refractivity contribution is 0.184. The maximum absolute atomic E-state index is 10.4. The van der Waals surface area contributed by atoms with Gasteiger partial charge in [-0.25, -0.2) is 4.98 Å². The summed E-state index contributed by atoms with van der Waals surface area (Å²) in [7, 11) is 1.61. The molecule has 1 aromatic heterocycles. The number of para-hydroxylation sites is 1. The fourth-order valence-corrected chi connectivity index (χ4v) is 2.37. The zero-order valence-corrected chi connectivity index (χ0v) is 11.9. The van der Waals surface area contributed by atoms with Gasteiger partial charge in [0.2, 0.25) is 0 Å². The van der Waals surface area contributed by atoms with Gasteiger partial charge in [0.15, 0.2) is 5.82 Å². The number of hydrogen-bond acceptors (Lipinski definition) is 3. The maximum Gasteiger partial charge on any atom is 0.179 e. The van der Waals surface area contributed by atoms with Crippen LogP contribution in [0.4, 0.5) is 0 Å². The molecule has 0 amide bonds. The Kier molecular flexibility index (Phi) is 3.36. The maximum atomic E-state index is 10.4. The number of benzene rings is 2. The zero-order chi connectivity index (χ0) is 14.8. The van der Waals surface area contributed by atoms with Crippen molar-refractivity contribution in [2.45, 2.75) is 6.92 Å². The van der Waals surface area contributed by atoms with E-state index in [0.29, 0.717) is 17.3 Å². The number of nitrogens with zero attached hydrogens (tertiary/aromatic N) is 2. The van der Waals surface area contributed by atoms with E-state index in [-0.39, 0.29) is 0 Å². The minimum atomic E-state index is 0.476. The summed E-state index contributed by atoms with van der Waals surface area (Å²) < 4.78 is 6.46. The first-order chi connectivity index (χ1) is 10.2. The number of ether oxygens (including phenoxy) is 1. The predicted molar refractivity (Wildman–Crippen MR) is 81.6 cm³/mol. The van der Waals surface area contributed by atoms with Crippen molar-refractivity contribution in [3.8, 4) is 28.4 Å². The Bertz CT molecular complexity index is 764. The van der Waals surface area contributed by atoms with Crippen LogP contribution in [0.15, 0.2) is 54.6 Å². The third-order valence-electron chi connectivity index (χ3n) is 3.47. The van der Waals surface area contributed by atoms with Crippen LogP contribution in [-0.4, -0.2) is 22.0 Å². The number of aromatic nitrogens is 2. The summed E-state index contributed by atoms with van der Waals surface area (Å²) in [6.07, 6.45) is 0. The average molecular weight is 280 g/mol. The van der Waals surface area contributed by atoms with Gasteiger partial charge in [-0.2, -0.15) is 4.73 Å². The van der Waals surface area contributed by atoms with E-state index in [1.165, 1.54) is 0 Å². The van der Waals surface area contributed by atoms with Crippen molar-refractivity contribution in [2.75, 3.05) is 7.11 Å². The third kappa shape index (κ3) is 2.25. The molecule has 0 atom stereocenters. The molecule has 21 heavy (non-hydrogen) atoms. The summed E-state index contributed by atoms with van der Waals surface area (Å²) in [5.74, 6) is 1.15. The second-order valence-electron chi connectivity index (χ2n) is 4.75. The van der Waals surface area contributed by atoms with E-state index in [0.717, 1.165) is 21.6 Å². The quantitative estimate of drug-likeness (QED) is 0.743. The monoisotopic (exact) mass is 280 g/mol. The molecule has 0 aliphatic carbocycles. The number of methoxy groups -OCH3 is 1.